The van der Waals surface area contributed by atoms with E-state index in [1.165, 1.54) is 5.56 Å². The lowest BCUT2D eigenvalue weighted by Gasteiger charge is -2.30. The van der Waals surface area contributed by atoms with Crippen LogP contribution in [0.25, 0.3) is 0 Å². The maximum atomic E-state index is 12.3. The second-order valence-electron chi connectivity index (χ2n) is 8.17. The molecule has 9 heteroatoms. The van der Waals surface area contributed by atoms with Gasteiger partial charge in [-0.25, -0.2) is 9.97 Å². The van der Waals surface area contributed by atoms with E-state index in [9.17, 15) is 4.79 Å². The van der Waals surface area contributed by atoms with E-state index >= 15 is 0 Å². The number of anilines is 2. The Morgan fingerprint density at radius 3 is 2.45 bits per heavy atom. The number of benzene rings is 1. The van der Waals surface area contributed by atoms with E-state index in [2.05, 4.69) is 53.4 Å². The van der Waals surface area contributed by atoms with Gasteiger partial charge in [0.1, 0.15) is 0 Å². The summed E-state index contributed by atoms with van der Waals surface area (Å²) in [5.74, 6) is -0.436. The highest BCUT2D eigenvalue weighted by Crippen LogP contribution is 2.17. The van der Waals surface area contributed by atoms with Crippen LogP contribution in [-0.4, -0.2) is 60.6 Å². The van der Waals surface area contributed by atoms with Crippen molar-refractivity contribution in [3.8, 4) is 0 Å². The van der Waals surface area contributed by atoms with Crippen molar-refractivity contribution in [3.63, 3.8) is 0 Å². The molecule has 8 nitrogen and oxygen atoms in total. The molecule has 31 heavy (non-hydrogen) atoms. The number of unbranched alkanes of at least 4 members (excludes halogenated alkanes) is 1. The first-order valence-electron chi connectivity index (χ1n) is 10.3. The Balaban J connectivity index is 1.64. The fourth-order valence-electron chi connectivity index (χ4n) is 3.11. The molecule has 0 fully saturated rings. The predicted octanol–water partition coefficient (Wildman–Crippen LogP) is 2.23. The van der Waals surface area contributed by atoms with Crippen LogP contribution in [-0.2, 0) is 6.42 Å². The van der Waals surface area contributed by atoms with Crippen LogP contribution in [0.5, 0.6) is 0 Å². The highest BCUT2D eigenvalue weighted by molar-refractivity contribution is 6.31. The number of hydrogen-bond donors (Lipinski definition) is 4. The minimum absolute atomic E-state index is 0.00615. The first-order valence-corrected chi connectivity index (χ1v) is 10.7. The molecule has 0 aliphatic heterocycles. The number of nitrogens with two attached hydrogens (primary N) is 2. The third kappa shape index (κ3) is 8.43. The number of nitrogens with zero attached hydrogens (tertiary/aromatic N) is 3. The van der Waals surface area contributed by atoms with Crippen LogP contribution in [0, 0.1) is 0 Å². The van der Waals surface area contributed by atoms with Crippen LogP contribution in [0.4, 0.5) is 11.6 Å². The first-order chi connectivity index (χ1) is 14.7. The second-order valence-corrected chi connectivity index (χ2v) is 8.53. The maximum absolute atomic E-state index is 12.3. The van der Waals surface area contributed by atoms with Crippen LogP contribution in [0.15, 0.2) is 42.6 Å². The third-order valence-electron chi connectivity index (χ3n) is 4.95. The van der Waals surface area contributed by atoms with Crippen LogP contribution in [0.2, 0.25) is 5.15 Å². The molecule has 2 rings (SSSR count). The number of carbonyl (C=O) groups is 1. The molecule has 0 unspecified atom stereocenters. The average Bonchev–Trinajstić information content (AvgIpc) is 2.71. The minimum Gasteiger partial charge on any atom is -0.389 e. The summed E-state index contributed by atoms with van der Waals surface area (Å²) in [6.07, 6.45) is 2.96. The molecule has 0 saturated heterocycles. The van der Waals surface area contributed by atoms with Crippen molar-refractivity contribution in [2.24, 2.45) is 0 Å². The van der Waals surface area contributed by atoms with Gasteiger partial charge >= 0.3 is 0 Å². The number of hydrogen-bond acceptors (Lipinski definition) is 6. The van der Waals surface area contributed by atoms with E-state index in [0.717, 1.165) is 49.1 Å². The molecule has 1 aromatic carbocycles. The largest absolute Gasteiger partial charge is 0.389 e. The first kappa shape index (κ1) is 24.4. The molecule has 1 heterocycles. The predicted molar refractivity (Wildman–Crippen MR) is 127 cm³/mol. The molecule has 6 N–H and O–H groups in total. The number of amides is 1. The monoisotopic (exact) mass is 446 g/mol. The molecular formula is C22H33ClN7O+. The number of allylic oxidation sites excluding steroid dienone is 1. The van der Waals surface area contributed by atoms with Gasteiger partial charge in [0.25, 0.3) is 5.91 Å². The third-order valence-corrected chi connectivity index (χ3v) is 5.23. The SMILES string of the molecule is C=C(Cc1ccccc1)NCCCC[N+](C)(C)CCNC(=O)c1nc(Cl)c(N)nc1N. The Morgan fingerprint density at radius 2 is 1.74 bits per heavy atom. The number of rotatable bonds is 12. The standard InChI is InChI=1S/C22H32ClN7O/c1-16(15-17-9-5-4-6-10-17)26-11-7-8-13-30(2,3)14-12-27-22(31)18-20(24)29-21(25)19(23)28-18/h4-6,9-10,26H,1,7-8,11-15H2,2-3H3,(H4-,24,25,27,29,31)/p+1. The number of nitrogen functional groups attached to an aromatic ring is 2. The molecule has 0 aliphatic carbocycles. The molecule has 168 valence electrons. The summed E-state index contributed by atoms with van der Waals surface area (Å²) in [6, 6.07) is 10.3. The van der Waals surface area contributed by atoms with Crippen LogP contribution in [0.3, 0.4) is 0 Å². The molecule has 0 radical (unpaired) electrons. The zero-order valence-electron chi connectivity index (χ0n) is 18.3. The number of aromatic nitrogens is 2. The summed E-state index contributed by atoms with van der Waals surface area (Å²) < 4.78 is 0.787. The van der Waals surface area contributed by atoms with Gasteiger partial charge in [0, 0.05) is 18.7 Å². The topological polar surface area (TPSA) is 119 Å². The zero-order valence-corrected chi connectivity index (χ0v) is 19.1. The van der Waals surface area contributed by atoms with Gasteiger partial charge in [-0.15, -0.1) is 0 Å². The number of carbonyl (C=O) groups excluding carboxylic acids is 1. The van der Waals surface area contributed by atoms with Crippen molar-refractivity contribution in [1.82, 2.24) is 20.6 Å². The maximum Gasteiger partial charge on any atom is 0.273 e. The summed E-state index contributed by atoms with van der Waals surface area (Å²) in [5, 5.41) is 6.19. The quantitative estimate of drug-likeness (QED) is 0.293. The van der Waals surface area contributed by atoms with Gasteiger partial charge in [-0.3, -0.25) is 4.79 Å². The highest BCUT2D eigenvalue weighted by atomic mass is 35.5. The van der Waals surface area contributed by atoms with Gasteiger partial charge in [-0.2, -0.15) is 0 Å². The lowest BCUT2D eigenvalue weighted by Crippen LogP contribution is -2.46. The molecule has 1 amide bonds. The van der Waals surface area contributed by atoms with Crippen molar-refractivity contribution in [3.05, 3.63) is 59.0 Å². The van der Waals surface area contributed by atoms with E-state index in [0.29, 0.717) is 6.54 Å². The van der Waals surface area contributed by atoms with Gasteiger partial charge < -0.3 is 26.6 Å². The van der Waals surface area contributed by atoms with Crippen molar-refractivity contribution in [2.45, 2.75) is 19.3 Å². The van der Waals surface area contributed by atoms with Crippen LogP contribution in [0.1, 0.15) is 28.9 Å². The summed E-state index contributed by atoms with van der Waals surface area (Å²) in [4.78, 5) is 20.0. The molecule has 2 aromatic rings. The van der Waals surface area contributed by atoms with Gasteiger partial charge in [0.2, 0.25) is 0 Å². The molecule has 1 aromatic heterocycles. The average molecular weight is 447 g/mol. The lowest BCUT2D eigenvalue weighted by atomic mass is 10.1. The fourth-order valence-corrected chi connectivity index (χ4v) is 3.24. The molecular weight excluding hydrogens is 414 g/mol. The normalized spacial score (nSPS) is 11.2. The Morgan fingerprint density at radius 1 is 1.03 bits per heavy atom. The number of likely N-dealkylation sites (N-methyl/N-ethyl adjacent to an activating group) is 1. The van der Waals surface area contributed by atoms with Crippen molar-refractivity contribution >= 4 is 29.1 Å². The van der Waals surface area contributed by atoms with Gasteiger partial charge in [-0.05, 0) is 18.4 Å². The molecule has 0 bridgehead atoms. The molecule has 0 spiro atoms. The summed E-state index contributed by atoms with van der Waals surface area (Å²) >= 11 is 5.83. The van der Waals surface area contributed by atoms with E-state index in [1.807, 2.05) is 18.2 Å². The van der Waals surface area contributed by atoms with Crippen molar-refractivity contribution < 1.29 is 9.28 Å². The fraction of sp³-hybridized carbons (Fsp3) is 0.409. The molecule has 0 saturated carbocycles. The van der Waals surface area contributed by atoms with Crippen LogP contribution >= 0.6 is 11.6 Å². The highest BCUT2D eigenvalue weighted by Gasteiger charge is 2.18. The second kappa shape index (κ2) is 11.5. The number of nitrogens with one attached hydrogen (secondary N) is 2. The van der Waals surface area contributed by atoms with Gasteiger partial charge in [0.15, 0.2) is 22.5 Å². The Bertz CT molecular complexity index is 887. The van der Waals surface area contributed by atoms with E-state index in [-0.39, 0.29) is 22.5 Å². The number of halogens is 1. The van der Waals surface area contributed by atoms with E-state index in [4.69, 9.17) is 23.1 Å². The van der Waals surface area contributed by atoms with E-state index in [1.54, 1.807) is 0 Å². The lowest BCUT2D eigenvalue weighted by molar-refractivity contribution is -0.889. The van der Waals surface area contributed by atoms with Crippen molar-refractivity contribution in [2.75, 3.05) is 51.7 Å². The van der Waals surface area contributed by atoms with E-state index < -0.39 is 5.91 Å². The van der Waals surface area contributed by atoms with Crippen LogP contribution < -0.4 is 22.1 Å². The molecule has 0 atom stereocenters. The Kier molecular flexibility index (Phi) is 9.08. The smallest absolute Gasteiger partial charge is 0.273 e. The Labute approximate surface area is 189 Å². The summed E-state index contributed by atoms with van der Waals surface area (Å²) in [7, 11) is 4.28. The summed E-state index contributed by atoms with van der Waals surface area (Å²) in [6.45, 7) is 7.27. The molecule has 0 aliphatic rings. The minimum atomic E-state index is -0.409. The van der Waals surface area contributed by atoms with Gasteiger partial charge in [-0.1, -0.05) is 48.5 Å². The summed E-state index contributed by atoms with van der Waals surface area (Å²) in [5.41, 5.74) is 13.5. The van der Waals surface area contributed by atoms with Gasteiger partial charge in [0.05, 0.1) is 33.7 Å². The Hall–Kier alpha value is -2.84. The van der Waals surface area contributed by atoms with Crippen molar-refractivity contribution in [1.29, 1.82) is 0 Å². The zero-order chi connectivity index (χ0) is 22.9. The number of quaternary nitrogens is 1.